The topological polar surface area (TPSA) is 89.6 Å². The molecule has 0 aliphatic heterocycles. The minimum absolute atomic E-state index is 0.0259. The minimum Gasteiger partial charge on any atom is -0.508 e. The van der Waals surface area contributed by atoms with Crippen LogP contribution in [0.3, 0.4) is 0 Å². The molecule has 116 valence electrons. The zero-order chi connectivity index (χ0) is 16.4. The maximum absolute atomic E-state index is 12.0. The number of benzene rings is 1. The largest absolute Gasteiger partial charge is 0.508 e. The molecule has 23 heavy (non-hydrogen) atoms. The number of esters is 1. The predicted molar refractivity (Wildman–Crippen MR) is 82.5 cm³/mol. The van der Waals surface area contributed by atoms with Crippen LogP contribution >= 0.6 is 11.6 Å². The summed E-state index contributed by atoms with van der Waals surface area (Å²) >= 11 is 5.66. The zero-order valence-electron chi connectivity index (χ0n) is 11.7. The molecule has 0 fully saturated rings. The van der Waals surface area contributed by atoms with Crippen molar-refractivity contribution in [3.8, 4) is 5.75 Å². The molecular weight excluding hydrogens is 322 g/mol. The van der Waals surface area contributed by atoms with E-state index in [1.807, 2.05) is 0 Å². The molecule has 1 aromatic carbocycles. The maximum atomic E-state index is 12.0. The van der Waals surface area contributed by atoms with Gasteiger partial charge in [-0.25, -0.2) is 14.6 Å². The van der Waals surface area contributed by atoms with Gasteiger partial charge in [-0.2, -0.15) is 0 Å². The lowest BCUT2D eigenvalue weighted by Crippen LogP contribution is -2.08. The third kappa shape index (κ3) is 3.32. The normalized spacial score (nSPS) is 10.7. The maximum Gasteiger partial charge on any atom is 0.340 e. The molecule has 7 heteroatoms. The molecule has 0 spiro atoms. The third-order valence-corrected chi connectivity index (χ3v) is 3.36. The number of carbonyl (C=O) groups is 1. The number of hydrogen-bond acceptors (Lipinski definition) is 6. The molecule has 0 atom stereocenters. The van der Waals surface area contributed by atoms with Crippen molar-refractivity contribution in [2.75, 3.05) is 0 Å². The summed E-state index contributed by atoms with van der Waals surface area (Å²) in [5.74, 6) is -0.614. The van der Waals surface area contributed by atoms with E-state index in [-0.39, 0.29) is 28.7 Å². The van der Waals surface area contributed by atoms with Crippen molar-refractivity contribution < 1.29 is 19.1 Å². The lowest BCUT2D eigenvalue weighted by Gasteiger charge is -2.07. The number of aromatic nitrogens is 1. The van der Waals surface area contributed by atoms with Crippen molar-refractivity contribution in [1.82, 2.24) is 4.98 Å². The number of phenolic OH excluding ortho intramolecular Hbond substituents is 1. The number of ether oxygens (including phenoxy) is 1. The first-order chi connectivity index (χ1) is 11.0. The Bertz CT molecular complexity index is 933. The van der Waals surface area contributed by atoms with Gasteiger partial charge in [-0.05, 0) is 24.3 Å². The van der Waals surface area contributed by atoms with E-state index in [2.05, 4.69) is 4.98 Å². The van der Waals surface area contributed by atoms with Crippen LogP contribution in [0.15, 0.2) is 51.8 Å². The Balaban J connectivity index is 1.85. The molecule has 0 bridgehead atoms. The van der Waals surface area contributed by atoms with E-state index in [1.165, 1.54) is 36.5 Å². The second-order valence-electron chi connectivity index (χ2n) is 4.72. The van der Waals surface area contributed by atoms with E-state index in [0.717, 1.165) is 0 Å². The summed E-state index contributed by atoms with van der Waals surface area (Å²) in [5, 5.41) is 10.3. The van der Waals surface area contributed by atoms with E-state index in [1.54, 1.807) is 6.07 Å². The highest BCUT2D eigenvalue weighted by molar-refractivity contribution is 6.29. The molecule has 0 amide bonds. The fraction of sp³-hybridized carbons (Fsp3) is 0.0625. The summed E-state index contributed by atoms with van der Waals surface area (Å²) in [4.78, 5) is 27.3. The average molecular weight is 332 g/mol. The van der Waals surface area contributed by atoms with Crippen molar-refractivity contribution in [3.05, 3.63) is 69.3 Å². The van der Waals surface area contributed by atoms with Gasteiger partial charge in [0, 0.05) is 29.3 Å². The van der Waals surface area contributed by atoms with Crippen molar-refractivity contribution in [1.29, 1.82) is 0 Å². The molecule has 2 aromatic heterocycles. The molecule has 1 N–H and O–H groups in total. The Morgan fingerprint density at radius 2 is 2.09 bits per heavy atom. The zero-order valence-corrected chi connectivity index (χ0v) is 12.4. The Morgan fingerprint density at radius 1 is 1.26 bits per heavy atom. The van der Waals surface area contributed by atoms with Crippen molar-refractivity contribution in [2.24, 2.45) is 0 Å². The Kier molecular flexibility index (Phi) is 3.99. The number of rotatable bonds is 3. The van der Waals surface area contributed by atoms with Crippen LogP contribution in [0, 0.1) is 0 Å². The number of aromatic hydroxyl groups is 1. The van der Waals surface area contributed by atoms with Crippen LogP contribution in [0.5, 0.6) is 5.75 Å². The van der Waals surface area contributed by atoms with Crippen LogP contribution in [0.4, 0.5) is 0 Å². The van der Waals surface area contributed by atoms with E-state index < -0.39 is 11.6 Å². The van der Waals surface area contributed by atoms with Crippen LogP contribution < -0.4 is 5.63 Å². The quantitative estimate of drug-likeness (QED) is 0.451. The first kappa shape index (κ1) is 15.1. The summed E-state index contributed by atoms with van der Waals surface area (Å²) in [6, 6.07) is 8.58. The standard InChI is InChI=1S/C16H10ClNO5/c17-14-4-1-9(7-18-14)16(21)22-8-10-5-15(20)23-13-6-11(19)2-3-12(10)13/h1-7,19H,8H2. The van der Waals surface area contributed by atoms with E-state index in [4.69, 9.17) is 20.8 Å². The van der Waals surface area contributed by atoms with Crippen LogP contribution in [0.25, 0.3) is 11.0 Å². The Morgan fingerprint density at radius 3 is 2.83 bits per heavy atom. The Labute approximate surface area is 134 Å². The molecule has 3 aromatic rings. The molecule has 3 rings (SSSR count). The van der Waals surface area contributed by atoms with Crippen LogP contribution in [0.1, 0.15) is 15.9 Å². The number of pyridine rings is 1. The van der Waals surface area contributed by atoms with Gasteiger partial charge in [-0.3, -0.25) is 0 Å². The van der Waals surface area contributed by atoms with Gasteiger partial charge in [0.25, 0.3) is 0 Å². The van der Waals surface area contributed by atoms with Gasteiger partial charge in [0.15, 0.2) is 0 Å². The number of phenols is 1. The van der Waals surface area contributed by atoms with E-state index >= 15 is 0 Å². The number of fused-ring (bicyclic) bond motifs is 1. The lowest BCUT2D eigenvalue weighted by atomic mass is 10.1. The second-order valence-corrected chi connectivity index (χ2v) is 5.10. The number of hydrogen-bond donors (Lipinski definition) is 1. The van der Waals surface area contributed by atoms with Crippen LogP contribution in [-0.4, -0.2) is 16.1 Å². The summed E-state index contributed by atoms with van der Waals surface area (Å²) in [6.07, 6.45) is 1.31. The van der Waals surface area contributed by atoms with Crippen molar-refractivity contribution in [2.45, 2.75) is 6.61 Å². The lowest BCUT2D eigenvalue weighted by molar-refractivity contribution is 0.0473. The number of carbonyl (C=O) groups excluding carboxylic acids is 1. The van der Waals surface area contributed by atoms with E-state index in [9.17, 15) is 14.7 Å². The first-order valence-electron chi connectivity index (χ1n) is 6.57. The predicted octanol–water partition coefficient (Wildman–Crippen LogP) is 2.90. The van der Waals surface area contributed by atoms with Gasteiger partial charge in [-0.1, -0.05) is 11.6 Å². The van der Waals surface area contributed by atoms with Gasteiger partial charge in [0.05, 0.1) is 5.56 Å². The fourth-order valence-electron chi connectivity index (χ4n) is 2.06. The summed E-state index contributed by atoms with van der Waals surface area (Å²) in [5.41, 5.74) is 0.352. The molecule has 2 heterocycles. The van der Waals surface area contributed by atoms with Gasteiger partial charge < -0.3 is 14.3 Å². The average Bonchev–Trinajstić information content (AvgIpc) is 2.52. The molecular formula is C16H10ClNO5. The van der Waals surface area contributed by atoms with E-state index in [0.29, 0.717) is 10.9 Å². The molecule has 0 aliphatic rings. The second kappa shape index (κ2) is 6.10. The third-order valence-electron chi connectivity index (χ3n) is 3.14. The highest BCUT2D eigenvalue weighted by Crippen LogP contribution is 2.22. The molecule has 0 aliphatic carbocycles. The highest BCUT2D eigenvalue weighted by Gasteiger charge is 2.11. The molecule has 0 unspecified atom stereocenters. The van der Waals surface area contributed by atoms with Crippen LogP contribution in [0.2, 0.25) is 5.15 Å². The Hall–Kier alpha value is -2.86. The van der Waals surface area contributed by atoms with Gasteiger partial charge in [0.2, 0.25) is 0 Å². The highest BCUT2D eigenvalue weighted by atomic mass is 35.5. The summed E-state index contributed by atoms with van der Waals surface area (Å²) in [7, 11) is 0. The molecule has 0 saturated carbocycles. The van der Waals surface area contributed by atoms with Crippen LogP contribution in [-0.2, 0) is 11.3 Å². The van der Waals surface area contributed by atoms with Gasteiger partial charge in [0.1, 0.15) is 23.1 Å². The van der Waals surface area contributed by atoms with Crippen molar-refractivity contribution >= 4 is 28.5 Å². The summed E-state index contributed by atoms with van der Waals surface area (Å²) < 4.78 is 10.2. The monoisotopic (exact) mass is 331 g/mol. The number of nitrogens with zero attached hydrogens (tertiary/aromatic N) is 1. The minimum atomic E-state index is -0.595. The van der Waals surface area contributed by atoms with Crippen molar-refractivity contribution in [3.63, 3.8) is 0 Å². The molecule has 0 saturated heterocycles. The fourth-order valence-corrected chi connectivity index (χ4v) is 2.17. The molecule has 0 radical (unpaired) electrons. The summed E-state index contributed by atoms with van der Waals surface area (Å²) in [6.45, 7) is -0.117. The first-order valence-corrected chi connectivity index (χ1v) is 6.95. The van der Waals surface area contributed by atoms with Gasteiger partial charge in [-0.15, -0.1) is 0 Å². The van der Waals surface area contributed by atoms with Gasteiger partial charge >= 0.3 is 11.6 Å². The molecule has 6 nitrogen and oxygen atoms in total. The SMILES string of the molecule is O=C(OCc1cc(=O)oc2cc(O)ccc12)c1ccc(Cl)nc1. The smallest absolute Gasteiger partial charge is 0.340 e. The number of halogens is 1.